The summed E-state index contributed by atoms with van der Waals surface area (Å²) in [6, 6.07) is 13.8. The minimum absolute atomic E-state index is 0.0265. The molecule has 3 heterocycles. The zero-order valence-electron chi connectivity index (χ0n) is 23.8. The van der Waals surface area contributed by atoms with Gasteiger partial charge in [-0.1, -0.05) is 19.1 Å². The largest absolute Gasteiger partial charge is 0.383 e. The van der Waals surface area contributed by atoms with Crippen LogP contribution in [0.3, 0.4) is 0 Å². The van der Waals surface area contributed by atoms with Crippen molar-refractivity contribution in [1.82, 2.24) is 25.0 Å². The monoisotopic (exact) mass is 637 g/mol. The summed E-state index contributed by atoms with van der Waals surface area (Å²) in [6.45, 7) is 3.74. The number of nitrogens with one attached hydrogen (secondary N) is 3. The van der Waals surface area contributed by atoms with E-state index >= 15 is 0 Å². The van der Waals surface area contributed by atoms with E-state index < -0.39 is 27.6 Å². The number of halogens is 2. The van der Waals surface area contributed by atoms with Gasteiger partial charge in [0, 0.05) is 33.9 Å². The van der Waals surface area contributed by atoms with E-state index in [1.54, 1.807) is 6.92 Å². The highest BCUT2D eigenvalue weighted by molar-refractivity contribution is 7.89. The Morgan fingerprint density at radius 3 is 2.59 bits per heavy atom. The quantitative estimate of drug-likeness (QED) is 0.154. The first-order valence-corrected chi connectivity index (χ1v) is 15.9. The molecule has 10 nitrogen and oxygen atoms in total. The second kappa shape index (κ2) is 13.0. The van der Waals surface area contributed by atoms with E-state index in [1.165, 1.54) is 36.0 Å². The molecule has 1 amide bonds. The Balaban J connectivity index is 1.38. The Kier molecular flexibility index (Phi) is 9.13. The summed E-state index contributed by atoms with van der Waals surface area (Å²) in [4.78, 5) is 27.6. The van der Waals surface area contributed by atoms with E-state index in [-0.39, 0.29) is 35.4 Å². The van der Waals surface area contributed by atoms with Gasteiger partial charge < -0.3 is 16.4 Å². The number of hydrogen-bond acceptors (Lipinski definition) is 9. The van der Waals surface area contributed by atoms with Crippen LogP contribution in [0.5, 0.6) is 0 Å². The molecule has 1 unspecified atom stereocenters. The van der Waals surface area contributed by atoms with Crippen LogP contribution in [0.2, 0.25) is 0 Å². The third kappa shape index (κ3) is 6.98. The highest BCUT2D eigenvalue weighted by atomic mass is 32.2. The molecule has 3 aromatic heterocycles. The van der Waals surface area contributed by atoms with Crippen molar-refractivity contribution in [2.75, 3.05) is 11.1 Å². The van der Waals surface area contributed by atoms with Gasteiger partial charge in [0.25, 0.3) is 5.91 Å². The normalized spacial score (nSPS) is 12.3. The molecule has 5 rings (SSSR count). The molecule has 2 aromatic carbocycles. The summed E-state index contributed by atoms with van der Waals surface area (Å²) in [5.74, 6) is -2.14. The fourth-order valence-electron chi connectivity index (χ4n) is 4.28. The number of amides is 1. The van der Waals surface area contributed by atoms with Crippen LogP contribution in [-0.2, 0) is 23.1 Å². The van der Waals surface area contributed by atoms with Crippen LogP contribution < -0.4 is 21.1 Å². The third-order valence-electron chi connectivity index (χ3n) is 6.87. The molecule has 0 aliphatic rings. The summed E-state index contributed by atoms with van der Waals surface area (Å²) in [7, 11) is -3.96. The number of nitrogens with two attached hydrogens (primary N) is 1. The number of anilines is 2. The highest BCUT2D eigenvalue weighted by Crippen LogP contribution is 2.32. The van der Waals surface area contributed by atoms with Gasteiger partial charge in [-0.25, -0.2) is 36.9 Å². The van der Waals surface area contributed by atoms with E-state index in [0.29, 0.717) is 17.8 Å². The average Bonchev–Trinajstić information content (AvgIpc) is 3.49. The first-order chi connectivity index (χ1) is 21.0. The van der Waals surface area contributed by atoms with Crippen molar-refractivity contribution in [3.05, 3.63) is 94.8 Å². The van der Waals surface area contributed by atoms with Crippen molar-refractivity contribution in [2.45, 2.75) is 44.3 Å². The molecule has 0 aliphatic carbocycles. The maximum atomic E-state index is 13.7. The molecule has 0 radical (unpaired) electrons. The molecule has 14 heteroatoms. The number of carbonyl (C=O) groups excluding carboxylic acids is 1. The SMILES string of the molecule is CCC(C)NS(=O)(=O)c1cnc(NCc2ccc(-c3ccc4ncnc(N)c4c3)s2)c(C(=O)NCc2ccc(F)c(F)c2)c1. The van der Waals surface area contributed by atoms with E-state index in [9.17, 15) is 22.0 Å². The predicted octanol–water partition coefficient (Wildman–Crippen LogP) is 5.23. The lowest BCUT2D eigenvalue weighted by Gasteiger charge is -2.15. The van der Waals surface area contributed by atoms with Gasteiger partial charge in [-0.15, -0.1) is 11.3 Å². The lowest BCUT2D eigenvalue weighted by Crippen LogP contribution is -2.32. The maximum absolute atomic E-state index is 13.7. The molecule has 0 saturated heterocycles. The summed E-state index contributed by atoms with van der Waals surface area (Å²) >= 11 is 1.52. The number of rotatable bonds is 11. The van der Waals surface area contributed by atoms with Crippen molar-refractivity contribution >= 4 is 49.8 Å². The van der Waals surface area contributed by atoms with Crippen molar-refractivity contribution < 1.29 is 22.0 Å². The van der Waals surface area contributed by atoms with Crippen LogP contribution in [0, 0.1) is 11.6 Å². The number of sulfonamides is 1. The second-order valence-electron chi connectivity index (χ2n) is 10.0. The molecular formula is C30H29F2N7O3S2. The molecule has 44 heavy (non-hydrogen) atoms. The van der Waals surface area contributed by atoms with Crippen LogP contribution in [0.1, 0.15) is 41.1 Å². The third-order valence-corrected chi connectivity index (χ3v) is 9.56. The molecular weight excluding hydrogens is 609 g/mol. The number of aromatic nitrogens is 3. The number of nitrogen functional groups attached to an aromatic ring is 1. The van der Waals surface area contributed by atoms with Gasteiger partial charge in [-0.2, -0.15) is 0 Å². The van der Waals surface area contributed by atoms with Gasteiger partial charge in [0.2, 0.25) is 10.0 Å². The number of fused-ring (bicyclic) bond motifs is 1. The molecule has 1 atom stereocenters. The first-order valence-electron chi connectivity index (χ1n) is 13.6. The molecule has 0 spiro atoms. The van der Waals surface area contributed by atoms with Gasteiger partial charge in [0.1, 0.15) is 22.9 Å². The van der Waals surface area contributed by atoms with Gasteiger partial charge in [-0.3, -0.25) is 4.79 Å². The summed E-state index contributed by atoms with van der Waals surface area (Å²) < 4.78 is 55.5. The molecule has 0 saturated carbocycles. The fraction of sp³-hybridized carbons (Fsp3) is 0.200. The predicted molar refractivity (Wildman–Crippen MR) is 166 cm³/mol. The van der Waals surface area contributed by atoms with Crippen LogP contribution in [0.25, 0.3) is 21.3 Å². The number of carbonyl (C=O) groups is 1. The number of benzene rings is 2. The Bertz CT molecular complexity index is 1950. The molecule has 0 bridgehead atoms. The first kappa shape index (κ1) is 30.9. The van der Waals surface area contributed by atoms with Gasteiger partial charge in [0.15, 0.2) is 11.6 Å². The van der Waals surface area contributed by atoms with Gasteiger partial charge in [-0.05, 0) is 66.9 Å². The number of pyridine rings is 1. The van der Waals surface area contributed by atoms with E-state index in [1.807, 2.05) is 37.3 Å². The van der Waals surface area contributed by atoms with Gasteiger partial charge >= 0.3 is 0 Å². The second-order valence-corrected chi connectivity index (χ2v) is 12.9. The van der Waals surface area contributed by atoms with E-state index in [0.717, 1.165) is 38.4 Å². The van der Waals surface area contributed by atoms with E-state index in [2.05, 4.69) is 30.3 Å². The highest BCUT2D eigenvalue weighted by Gasteiger charge is 2.22. The number of thiophene rings is 1. The minimum atomic E-state index is -3.96. The lowest BCUT2D eigenvalue weighted by molar-refractivity contribution is 0.0951. The van der Waals surface area contributed by atoms with Crippen LogP contribution in [-0.4, -0.2) is 35.3 Å². The molecule has 0 aliphatic heterocycles. The molecule has 5 N–H and O–H groups in total. The van der Waals surface area contributed by atoms with Gasteiger partial charge in [0.05, 0.1) is 17.6 Å². The topological polar surface area (TPSA) is 152 Å². The molecule has 5 aromatic rings. The van der Waals surface area contributed by atoms with Crippen molar-refractivity contribution in [1.29, 1.82) is 0 Å². The lowest BCUT2D eigenvalue weighted by atomic mass is 10.1. The average molecular weight is 638 g/mol. The summed E-state index contributed by atoms with van der Waals surface area (Å²) in [5.41, 5.74) is 8.01. The Morgan fingerprint density at radius 1 is 1.00 bits per heavy atom. The standard InChI is InChI=1S/C30H29F2N7O3S2/c1-3-17(2)39-44(41,42)21-12-23(30(40)36-13-18-4-7-24(31)25(32)10-18)29(35-15-21)34-14-20-6-9-27(43-20)19-5-8-26-22(11-19)28(33)38-16-37-26/h4-12,15-17,39H,3,13-14H2,1-2H3,(H,34,35)(H,36,40)(H2,33,37,38). The number of nitrogens with zero attached hydrogens (tertiary/aromatic N) is 3. The molecule has 228 valence electrons. The zero-order valence-corrected chi connectivity index (χ0v) is 25.4. The smallest absolute Gasteiger partial charge is 0.255 e. The number of hydrogen-bond donors (Lipinski definition) is 4. The summed E-state index contributed by atoms with van der Waals surface area (Å²) in [6.07, 6.45) is 3.17. The Morgan fingerprint density at radius 2 is 1.82 bits per heavy atom. The maximum Gasteiger partial charge on any atom is 0.255 e. The van der Waals surface area contributed by atoms with Crippen molar-refractivity contribution in [3.8, 4) is 10.4 Å². The summed E-state index contributed by atoms with van der Waals surface area (Å²) in [5, 5.41) is 6.52. The van der Waals surface area contributed by atoms with Crippen LogP contribution in [0.15, 0.2) is 72.0 Å². The van der Waals surface area contributed by atoms with Crippen molar-refractivity contribution in [3.63, 3.8) is 0 Å². The zero-order chi connectivity index (χ0) is 31.4. The van der Waals surface area contributed by atoms with Crippen LogP contribution >= 0.6 is 11.3 Å². The fourth-order valence-corrected chi connectivity index (χ4v) is 6.52. The molecule has 0 fully saturated rings. The Labute approximate surface area is 256 Å². The van der Waals surface area contributed by atoms with E-state index in [4.69, 9.17) is 5.73 Å². The van der Waals surface area contributed by atoms with Crippen molar-refractivity contribution in [2.24, 2.45) is 0 Å². The minimum Gasteiger partial charge on any atom is -0.383 e. The van der Waals surface area contributed by atoms with Crippen LogP contribution in [0.4, 0.5) is 20.4 Å². The Hall–Kier alpha value is -4.53.